The average molecular weight is 2290 g/mol. The summed E-state index contributed by atoms with van der Waals surface area (Å²) >= 11 is 3.57. The molecule has 11 fully saturated rings. The van der Waals surface area contributed by atoms with Crippen LogP contribution in [0.25, 0.3) is 44.9 Å². The molecular weight excluding hydrogens is 2130 g/mol. The second-order valence-electron chi connectivity index (χ2n) is 43.2. The molecule has 11 aliphatic heterocycles. The maximum Gasteiger partial charge on any atom is 0.236 e. The van der Waals surface area contributed by atoms with Crippen LogP contribution in [-0.2, 0) is 102 Å². The smallest absolute Gasteiger partial charge is 0.236 e. The number of fused-ring (bicyclic) bond motifs is 3. The van der Waals surface area contributed by atoms with E-state index in [-0.39, 0.29) is 118 Å². The van der Waals surface area contributed by atoms with Crippen LogP contribution in [0.1, 0.15) is 231 Å². The number of aromatic nitrogens is 3. The van der Waals surface area contributed by atoms with Crippen LogP contribution in [0.5, 0.6) is 0 Å². The summed E-state index contributed by atoms with van der Waals surface area (Å²) in [5.41, 5.74) is 7.80. The number of piperidine rings is 4. The van der Waals surface area contributed by atoms with Crippen LogP contribution in [0, 0.1) is 45.3 Å². The van der Waals surface area contributed by atoms with Gasteiger partial charge in [0.1, 0.15) is 12.2 Å². The molecule has 39 heteroatoms. The number of aliphatic hydroxyl groups excluding tert-OH is 2. The molecule has 21 rings (SSSR count). The first kappa shape index (κ1) is 122. The molecule has 7 saturated heterocycles. The summed E-state index contributed by atoms with van der Waals surface area (Å²) in [6.07, 6.45) is 56.0. The number of amides is 4. The Morgan fingerprint density at radius 3 is 1.07 bits per heavy atom. The molecule has 0 bridgehead atoms. The van der Waals surface area contributed by atoms with Gasteiger partial charge in [0.05, 0.1) is 90.2 Å². The second-order valence-corrected chi connectivity index (χ2v) is 53.0. The number of hydrogen-bond acceptors (Lipinski definition) is 20. The summed E-state index contributed by atoms with van der Waals surface area (Å²) in [7, 11) is -8.81. The van der Waals surface area contributed by atoms with Crippen molar-refractivity contribution in [3.8, 4) is 0 Å². The van der Waals surface area contributed by atoms with Gasteiger partial charge in [-0.3, -0.25) is 19.2 Å². The molecule has 3 atom stereocenters. The van der Waals surface area contributed by atoms with Gasteiger partial charge in [-0.15, -0.1) is 13.2 Å². The Balaban J connectivity index is 0.000000166. The number of allylic oxidation sites excluding steroid dienone is 4. The van der Waals surface area contributed by atoms with E-state index in [2.05, 4.69) is 132 Å². The van der Waals surface area contributed by atoms with Gasteiger partial charge in [-0.2, -0.15) is 40.5 Å². The molecule has 30 nitrogen and oxygen atoms in total. The Morgan fingerprint density at radius 2 is 0.753 bits per heavy atom. The number of carbonyl (C=O) groups excluding carboxylic acids is 4. The first-order valence-electron chi connectivity index (χ1n) is 53.5. The van der Waals surface area contributed by atoms with Crippen molar-refractivity contribution in [1.29, 1.82) is 0 Å². The predicted molar refractivity (Wildman–Crippen MR) is 613 cm³/mol. The third-order valence-electron chi connectivity index (χ3n) is 32.0. The molecule has 3 aromatic heterocycles. The van der Waals surface area contributed by atoms with Gasteiger partial charge >= 0.3 is 0 Å². The van der Waals surface area contributed by atoms with Crippen molar-refractivity contribution in [2.75, 3.05) is 108 Å². The van der Waals surface area contributed by atoms with E-state index in [1.807, 2.05) is 93.2 Å². The zero-order chi connectivity index (χ0) is 104. The minimum Gasteiger partial charge on any atom is -0.394 e. The molecule has 830 valence electrons. The number of halogens is 2. The summed E-state index contributed by atoms with van der Waals surface area (Å²) in [6.45, 7) is 23.4. The Kier molecular flexibility index (Phi) is 44.3. The van der Waals surface area contributed by atoms with Gasteiger partial charge in [0.15, 0.2) is 11.6 Å². The summed E-state index contributed by atoms with van der Waals surface area (Å²) < 4.78 is 137. The zero-order valence-corrected chi connectivity index (χ0v) is 96.3. The van der Waals surface area contributed by atoms with Gasteiger partial charge in [0.2, 0.25) is 62.7 Å². The number of ether oxygens (including phenoxy) is 5. The van der Waals surface area contributed by atoms with Crippen molar-refractivity contribution in [2.24, 2.45) is 45.3 Å². The van der Waals surface area contributed by atoms with E-state index in [1.165, 1.54) is 140 Å². The molecule has 0 radical (unpaired) electrons. The molecule has 14 heterocycles. The average Bonchev–Trinajstić information content (AvgIpc) is 1.62. The van der Waals surface area contributed by atoms with Gasteiger partial charge in [-0.1, -0.05) is 160 Å². The van der Waals surface area contributed by atoms with Crippen LogP contribution >= 0.6 is 67.1 Å². The summed E-state index contributed by atoms with van der Waals surface area (Å²) in [5, 5.41) is 38.1. The summed E-state index contributed by atoms with van der Waals surface area (Å²) in [6, 6.07) is 24.2. The molecule has 4 spiro atoms. The van der Waals surface area contributed by atoms with Gasteiger partial charge in [0, 0.05) is 142 Å². The zero-order valence-electron chi connectivity index (χ0n) is 87.7. The van der Waals surface area contributed by atoms with E-state index in [0.29, 0.717) is 121 Å². The molecule has 6 aromatic rings. The summed E-state index contributed by atoms with van der Waals surface area (Å²) in [4.78, 5) is 50.6. The van der Waals surface area contributed by atoms with Crippen molar-refractivity contribution in [1.82, 2.24) is 53.2 Å². The van der Waals surface area contributed by atoms with Crippen molar-refractivity contribution < 1.29 is 86.7 Å². The lowest BCUT2D eigenvalue weighted by molar-refractivity contribution is -0.140. The largest absolute Gasteiger partial charge is 0.394 e. The molecule has 4 amide bonds. The third kappa shape index (κ3) is 31.4. The first-order valence-corrected chi connectivity index (χ1v) is 61.6. The van der Waals surface area contributed by atoms with E-state index in [0.717, 1.165) is 139 Å². The fraction of sp³-hybridized carbons (Fsp3) is 0.604. The molecule has 4 aliphatic carbocycles. The highest BCUT2D eigenvalue weighted by atomic mass is 79.9. The minimum atomic E-state index is -3.49. The number of hydrogen-bond donors (Lipinski definition) is 7. The maximum absolute atomic E-state index is 13.2. The van der Waals surface area contributed by atoms with Crippen molar-refractivity contribution in [2.45, 2.75) is 270 Å². The number of nitrogens with one attached hydrogen (secondary N) is 5. The molecule has 15 aliphatic rings. The van der Waals surface area contributed by atoms with Gasteiger partial charge < -0.3 is 74.2 Å². The van der Waals surface area contributed by atoms with Crippen molar-refractivity contribution in [3.63, 3.8) is 0 Å². The molecule has 4 saturated carbocycles. The van der Waals surface area contributed by atoms with E-state index in [9.17, 15) is 58.0 Å². The quantitative estimate of drug-likeness (QED) is 0.0219. The number of rotatable bonds is 24. The third-order valence-corrected chi connectivity index (χ3v) is 39.0. The highest BCUT2D eigenvalue weighted by molar-refractivity contribution is 9.10. The van der Waals surface area contributed by atoms with E-state index >= 15 is 0 Å². The lowest BCUT2D eigenvalue weighted by atomic mass is 9.78. The van der Waals surface area contributed by atoms with E-state index in [1.54, 1.807) is 16.5 Å². The Labute approximate surface area is 922 Å². The maximum atomic E-state index is 13.2. The topological polar surface area (TPSA) is 376 Å². The fourth-order valence-corrected chi connectivity index (χ4v) is 28.5. The van der Waals surface area contributed by atoms with E-state index in [4.69, 9.17) is 39.5 Å². The molecule has 7 N–H and O–H groups in total. The first-order chi connectivity index (χ1) is 70.3. The lowest BCUT2D eigenvalue weighted by Gasteiger charge is -2.35. The molecule has 0 unspecified atom stereocenters. The molecule has 3 aromatic carbocycles. The Hall–Kier alpha value is -6.74. The monoisotopic (exact) mass is 2290 g/mol. The normalized spacial score (nSPS) is 23.7. The number of sulfonamides is 3. The lowest BCUT2D eigenvalue weighted by Crippen LogP contribution is -2.46. The van der Waals surface area contributed by atoms with Gasteiger partial charge in [-0.05, 0) is 258 Å². The van der Waals surface area contributed by atoms with Crippen molar-refractivity contribution >= 4 is 175 Å². The van der Waals surface area contributed by atoms with Gasteiger partial charge in [-0.25, -0.2) is 46.6 Å². The van der Waals surface area contributed by atoms with Crippen molar-refractivity contribution in [3.05, 3.63) is 192 Å². The van der Waals surface area contributed by atoms with Crippen LogP contribution in [0.4, 0.5) is 0 Å². The molecular formula is C111H161BrClN11O19S7. The fourth-order valence-electron chi connectivity index (χ4n) is 23.6. The van der Waals surface area contributed by atoms with Crippen LogP contribution in [0.15, 0.2) is 180 Å². The number of carbonyl (C=O) groups is 4. The molecule has 150 heavy (non-hydrogen) atoms. The van der Waals surface area contributed by atoms with Crippen LogP contribution < -0.4 is 26.6 Å². The number of benzene rings is 3. The predicted octanol–water partition coefficient (Wildman–Crippen LogP) is 17.4. The minimum absolute atomic E-state index is 0. The Morgan fingerprint density at radius 1 is 0.433 bits per heavy atom. The Bertz CT molecular complexity index is 6270. The summed E-state index contributed by atoms with van der Waals surface area (Å²) in [5.74, 6) is 1.06. The second kappa shape index (κ2) is 54.5. The van der Waals surface area contributed by atoms with Crippen LogP contribution in [0.2, 0.25) is 0 Å². The number of aliphatic hydroxyl groups is 2. The van der Waals surface area contributed by atoms with E-state index < -0.39 is 73.0 Å². The van der Waals surface area contributed by atoms with Crippen LogP contribution in [0.3, 0.4) is 0 Å². The highest BCUT2D eigenvalue weighted by Crippen LogP contribution is 2.48. The highest BCUT2D eigenvalue weighted by Gasteiger charge is 2.51. The van der Waals surface area contributed by atoms with Crippen LogP contribution in [-0.4, -0.2) is 232 Å². The SMILES string of the molecule is C1CCOC1.C=CCS(=O)(=O)Cl.C=CCS(=O)(=O)N1CCC2(C=C(C3CCCCC3)NC2=O)CC1.CC1(C)OC[C@H](Cn2ccc3c(/C=C/CS(=O)(=O)N4CCC5(C=C(C6CCCCC6)NC5=O)CC4)cccc32)O1.CC1(C)OC[C@H](Cn2ccc3c(Br)cccc32)O1.O=C1NC(C2CCCCC2)=CC12CCN(S(=O)(=O)C/C=C/c1cccc3c1ccn3C[C@H](O)CO)CC2.O=C1NC(C2CCCCC2)=CC12CCNCC2.S.S.S. The number of nitrogens with zero attached hydrogens (tertiary/aromatic N) is 6. The standard InChI is InChI=1S/C31H41N3O5S.C28H37N3O5S.C17H26N2O3S.C14H16BrNO2.C14H22N2O.C4H8O.C3H5ClO2S.3H2S/c1-30(2)38-22-25(39-30)21-33-16-13-26-23(10-6-12-28(26)33)11-7-19-40(36,37)34-17-14-31(15-18-34)20-27(32-29(31)35)24-8-4-3-5-9-24;32-20-23(33)19-30-14-11-24-21(8-4-10-26(24)30)9-5-17-37(35,36)31-15-12-28(13-16-31)18-25(29-27(28)34)22-6-2-1-3-7-22;1-2-12-23(21,22)19-10-8-17(9-11-19)13-15(18-16(17)20)14-6-4-3-5-7-14;1-14(2)17-9-10(18-14)8-16-7-6-11-12(15)4-3-5-13(11)16;17-13-14(6-8-15-9-7-14)10-12(16-13)11-4-2-1-3-5-11;1-2-4-5-3-1;1-2-3-7(4,5)6;;;/h6-7,10-13,16,20,24-25H,3-5,8-9,14-15,17-19,21-22H2,1-2H3,(H,32,35);4-5,8-11,14,18,22-23,32-33H,1-3,6-7,12-13,15-17,19-20H2,(H,29,34);2,13-14H,1,3-12H2,(H,18,20);3-7,10H,8-9H2,1-2H3;10-11,15H,1-9H2,(H,16,17);1-4H2;2H,1,3H2;3*1H2/b11-7+;9-5+;;;;;;;;/t25-;23-;;10-;;;;;;/m00.0....../s1. The van der Waals surface area contributed by atoms with Gasteiger partial charge in [0.25, 0.3) is 0 Å².